The molecule has 3 aromatic rings. The largest absolute Gasteiger partial charge is 0.366 e. The Hall–Kier alpha value is -3.42. The average molecular weight is 338 g/mol. The number of rotatable bonds is 4. The van der Waals surface area contributed by atoms with Crippen molar-refractivity contribution in [2.24, 2.45) is 12.8 Å². The Morgan fingerprint density at radius 1 is 1.20 bits per heavy atom. The molecule has 0 aliphatic carbocycles. The Labute approximate surface area is 144 Å². The molecule has 128 valence electrons. The summed E-state index contributed by atoms with van der Waals surface area (Å²) in [5, 5.41) is 7.11. The number of aryl methyl sites for hydroxylation is 3. The van der Waals surface area contributed by atoms with Gasteiger partial charge in [0.25, 0.3) is 5.91 Å². The topological polar surface area (TPSA) is 108 Å². The van der Waals surface area contributed by atoms with E-state index in [0.717, 1.165) is 11.4 Å². The van der Waals surface area contributed by atoms with Gasteiger partial charge in [-0.1, -0.05) is 0 Å². The normalized spacial score (nSPS) is 10.7. The molecule has 0 spiro atoms. The van der Waals surface area contributed by atoms with Gasteiger partial charge in [0.2, 0.25) is 5.91 Å². The van der Waals surface area contributed by atoms with Crippen LogP contribution >= 0.6 is 0 Å². The molecule has 0 saturated carbocycles. The fourth-order valence-electron chi connectivity index (χ4n) is 2.57. The van der Waals surface area contributed by atoms with Gasteiger partial charge in [0, 0.05) is 18.9 Å². The number of aromatic nitrogens is 4. The van der Waals surface area contributed by atoms with Crippen LogP contribution in [0.3, 0.4) is 0 Å². The molecule has 0 saturated heterocycles. The summed E-state index contributed by atoms with van der Waals surface area (Å²) in [5.41, 5.74) is 8.27. The van der Waals surface area contributed by atoms with Crippen molar-refractivity contribution in [1.29, 1.82) is 0 Å². The zero-order chi connectivity index (χ0) is 18.1. The summed E-state index contributed by atoms with van der Waals surface area (Å²) in [6.45, 7) is 3.86. The molecule has 0 aliphatic heterocycles. The van der Waals surface area contributed by atoms with Crippen molar-refractivity contribution in [3.63, 3.8) is 0 Å². The zero-order valence-corrected chi connectivity index (χ0v) is 14.1. The van der Waals surface area contributed by atoms with Gasteiger partial charge in [0.05, 0.1) is 23.1 Å². The highest BCUT2D eigenvalue weighted by molar-refractivity contribution is 6.05. The van der Waals surface area contributed by atoms with Gasteiger partial charge in [0.15, 0.2) is 5.82 Å². The average Bonchev–Trinajstić information content (AvgIpc) is 3.10. The molecule has 0 aliphatic rings. The third kappa shape index (κ3) is 3.27. The van der Waals surface area contributed by atoms with Crippen molar-refractivity contribution in [3.8, 4) is 5.82 Å². The standard InChI is InChI=1S/C17H18N6O2/c1-10-6-11(2)23(21-10)15-5-4-13(8-19-15)20-17(25)14-7-12(16(18)24)9-22(14)3/h4-9H,1-3H3,(H2,18,24)(H,20,25). The first kappa shape index (κ1) is 16.4. The first-order valence-electron chi connectivity index (χ1n) is 7.62. The summed E-state index contributed by atoms with van der Waals surface area (Å²) in [4.78, 5) is 27.9. The van der Waals surface area contributed by atoms with Gasteiger partial charge in [-0.25, -0.2) is 9.67 Å². The van der Waals surface area contributed by atoms with Crippen LogP contribution < -0.4 is 11.1 Å². The maximum Gasteiger partial charge on any atom is 0.272 e. The summed E-state index contributed by atoms with van der Waals surface area (Å²) >= 11 is 0. The Morgan fingerprint density at radius 3 is 2.48 bits per heavy atom. The minimum Gasteiger partial charge on any atom is -0.366 e. The molecule has 8 nitrogen and oxygen atoms in total. The second kappa shape index (κ2) is 6.23. The van der Waals surface area contributed by atoms with Crippen molar-refractivity contribution in [2.45, 2.75) is 13.8 Å². The molecule has 2 amide bonds. The summed E-state index contributed by atoms with van der Waals surface area (Å²) in [5.74, 6) is -0.264. The smallest absolute Gasteiger partial charge is 0.272 e. The molecule has 0 fully saturated rings. The van der Waals surface area contributed by atoms with Gasteiger partial charge >= 0.3 is 0 Å². The minimum atomic E-state index is -0.578. The van der Waals surface area contributed by atoms with Crippen LogP contribution in [0.2, 0.25) is 0 Å². The fourth-order valence-corrected chi connectivity index (χ4v) is 2.57. The number of carbonyl (C=O) groups is 2. The van der Waals surface area contributed by atoms with Gasteiger partial charge in [-0.2, -0.15) is 5.10 Å². The lowest BCUT2D eigenvalue weighted by molar-refractivity contribution is 0.0998. The number of nitrogens with one attached hydrogen (secondary N) is 1. The van der Waals surface area contributed by atoms with E-state index in [1.807, 2.05) is 19.9 Å². The molecule has 0 bridgehead atoms. The van der Waals surface area contributed by atoms with E-state index in [4.69, 9.17) is 5.73 Å². The third-order valence-corrected chi connectivity index (χ3v) is 3.75. The van der Waals surface area contributed by atoms with Crippen LogP contribution in [-0.4, -0.2) is 31.1 Å². The van der Waals surface area contributed by atoms with Gasteiger partial charge in [-0.3, -0.25) is 9.59 Å². The highest BCUT2D eigenvalue weighted by atomic mass is 16.2. The van der Waals surface area contributed by atoms with Crippen LogP contribution in [0, 0.1) is 13.8 Å². The van der Waals surface area contributed by atoms with Crippen molar-refractivity contribution >= 4 is 17.5 Å². The van der Waals surface area contributed by atoms with E-state index in [1.165, 1.54) is 12.3 Å². The van der Waals surface area contributed by atoms with E-state index in [1.54, 1.807) is 34.6 Å². The molecule has 0 aromatic carbocycles. The number of hydrogen-bond acceptors (Lipinski definition) is 4. The minimum absolute atomic E-state index is 0.283. The van der Waals surface area contributed by atoms with Crippen LogP contribution in [0.25, 0.3) is 5.82 Å². The molecule has 0 radical (unpaired) electrons. The van der Waals surface area contributed by atoms with Crippen molar-refractivity contribution < 1.29 is 9.59 Å². The van der Waals surface area contributed by atoms with Crippen LogP contribution in [0.4, 0.5) is 5.69 Å². The molecular formula is C17H18N6O2. The summed E-state index contributed by atoms with van der Waals surface area (Å²) in [6.07, 6.45) is 3.07. The van der Waals surface area contributed by atoms with E-state index >= 15 is 0 Å². The van der Waals surface area contributed by atoms with Gasteiger partial charge in [-0.05, 0) is 38.1 Å². The molecular weight excluding hydrogens is 320 g/mol. The van der Waals surface area contributed by atoms with E-state index < -0.39 is 5.91 Å². The quantitative estimate of drug-likeness (QED) is 0.753. The predicted octanol–water partition coefficient (Wildman–Crippen LogP) is 1.57. The maximum atomic E-state index is 12.4. The number of carbonyl (C=O) groups excluding carboxylic acids is 2. The lowest BCUT2D eigenvalue weighted by Gasteiger charge is -2.07. The van der Waals surface area contributed by atoms with Gasteiger partial charge in [0.1, 0.15) is 5.69 Å². The number of primary amides is 1. The molecule has 3 N–H and O–H groups in total. The SMILES string of the molecule is Cc1cc(C)n(-c2ccc(NC(=O)c3cc(C(N)=O)cn3C)cn2)n1. The molecule has 3 rings (SSSR count). The van der Waals surface area contributed by atoms with Crippen molar-refractivity contribution in [3.05, 3.63) is 59.3 Å². The van der Waals surface area contributed by atoms with Gasteiger partial charge in [-0.15, -0.1) is 0 Å². The Kier molecular flexibility index (Phi) is 4.10. The predicted molar refractivity (Wildman–Crippen MR) is 92.7 cm³/mol. The zero-order valence-electron chi connectivity index (χ0n) is 14.1. The first-order chi connectivity index (χ1) is 11.8. The molecule has 3 aromatic heterocycles. The molecule has 8 heteroatoms. The Morgan fingerprint density at radius 2 is 1.96 bits per heavy atom. The number of anilines is 1. The molecule has 25 heavy (non-hydrogen) atoms. The number of amides is 2. The lowest BCUT2D eigenvalue weighted by Crippen LogP contribution is -2.15. The second-order valence-corrected chi connectivity index (χ2v) is 5.79. The van der Waals surface area contributed by atoms with Crippen LogP contribution in [0.1, 0.15) is 32.2 Å². The monoisotopic (exact) mass is 338 g/mol. The molecule has 0 atom stereocenters. The summed E-state index contributed by atoms with van der Waals surface area (Å²) in [6, 6.07) is 6.93. The van der Waals surface area contributed by atoms with Gasteiger partial charge < -0.3 is 15.6 Å². The number of nitrogens with zero attached hydrogens (tertiary/aromatic N) is 4. The van der Waals surface area contributed by atoms with E-state index in [9.17, 15) is 9.59 Å². The lowest BCUT2D eigenvalue weighted by atomic mass is 10.3. The Balaban J connectivity index is 1.78. The highest BCUT2D eigenvalue weighted by Crippen LogP contribution is 2.14. The fraction of sp³-hybridized carbons (Fsp3) is 0.176. The van der Waals surface area contributed by atoms with Crippen LogP contribution in [0.15, 0.2) is 36.7 Å². The third-order valence-electron chi connectivity index (χ3n) is 3.75. The van der Waals surface area contributed by atoms with Crippen LogP contribution in [-0.2, 0) is 7.05 Å². The van der Waals surface area contributed by atoms with Crippen molar-refractivity contribution in [1.82, 2.24) is 19.3 Å². The van der Waals surface area contributed by atoms with E-state index in [0.29, 0.717) is 17.2 Å². The number of pyridine rings is 1. The Bertz CT molecular complexity index is 952. The second-order valence-electron chi connectivity index (χ2n) is 5.79. The maximum absolute atomic E-state index is 12.4. The molecule has 0 unspecified atom stereocenters. The summed E-state index contributed by atoms with van der Waals surface area (Å²) < 4.78 is 3.28. The number of hydrogen-bond donors (Lipinski definition) is 2. The van der Waals surface area contributed by atoms with Crippen molar-refractivity contribution in [2.75, 3.05) is 5.32 Å². The first-order valence-corrected chi connectivity index (χ1v) is 7.62. The van der Waals surface area contributed by atoms with Crippen LogP contribution in [0.5, 0.6) is 0 Å². The molecule has 3 heterocycles. The highest BCUT2D eigenvalue weighted by Gasteiger charge is 2.14. The van der Waals surface area contributed by atoms with E-state index in [-0.39, 0.29) is 11.5 Å². The number of nitrogens with two attached hydrogens (primary N) is 1. The van der Waals surface area contributed by atoms with E-state index in [2.05, 4.69) is 15.4 Å². The summed E-state index contributed by atoms with van der Waals surface area (Å²) in [7, 11) is 1.67.